The zero-order valence-electron chi connectivity index (χ0n) is 10.6. The van der Waals surface area contributed by atoms with Gasteiger partial charge >= 0.3 is 0 Å². The van der Waals surface area contributed by atoms with Crippen molar-refractivity contribution in [2.45, 2.75) is 11.4 Å². The molecule has 5 nitrogen and oxygen atoms in total. The average Bonchev–Trinajstić information content (AvgIpc) is 2.74. The molecule has 0 amide bonds. The second-order valence-corrected chi connectivity index (χ2v) is 7.20. The van der Waals surface area contributed by atoms with E-state index >= 15 is 0 Å². The van der Waals surface area contributed by atoms with Gasteiger partial charge in [-0.2, -0.15) is 9.40 Å². The van der Waals surface area contributed by atoms with Gasteiger partial charge in [-0.1, -0.05) is 22.0 Å². The fraction of sp³-hybridized carbons (Fsp3) is 0.250. The Bertz CT molecular complexity index is 682. The Morgan fingerprint density at radius 1 is 1.42 bits per heavy atom. The monoisotopic (exact) mass is 343 g/mol. The van der Waals surface area contributed by atoms with Gasteiger partial charge in [0.1, 0.15) is 0 Å². The lowest BCUT2D eigenvalue weighted by Crippen LogP contribution is -2.26. The highest BCUT2D eigenvalue weighted by molar-refractivity contribution is 9.10. The smallest absolute Gasteiger partial charge is 0.243 e. The molecule has 1 aromatic carbocycles. The van der Waals surface area contributed by atoms with Gasteiger partial charge < -0.3 is 0 Å². The maximum Gasteiger partial charge on any atom is 0.243 e. The van der Waals surface area contributed by atoms with Crippen LogP contribution in [0.25, 0.3) is 0 Å². The van der Waals surface area contributed by atoms with Gasteiger partial charge in [0, 0.05) is 36.9 Å². The first-order valence-electron chi connectivity index (χ1n) is 5.59. The summed E-state index contributed by atoms with van der Waals surface area (Å²) in [5.74, 6) is 0. The van der Waals surface area contributed by atoms with E-state index in [0.717, 1.165) is 10.0 Å². The molecule has 0 saturated heterocycles. The van der Waals surface area contributed by atoms with E-state index in [-0.39, 0.29) is 4.90 Å². The molecule has 7 heteroatoms. The summed E-state index contributed by atoms with van der Waals surface area (Å²) < 4.78 is 28.4. The SMILES string of the molecule is CN(Cc1cnn(C)c1)S(=O)(=O)c1cccc(Br)c1. The zero-order valence-corrected chi connectivity index (χ0v) is 13.0. The van der Waals surface area contributed by atoms with Crippen LogP contribution in [0.2, 0.25) is 0 Å². The molecular formula is C12H14BrN3O2S. The number of hydrogen-bond acceptors (Lipinski definition) is 3. The molecule has 0 fully saturated rings. The second kappa shape index (κ2) is 5.44. The van der Waals surface area contributed by atoms with Crippen molar-refractivity contribution in [1.29, 1.82) is 0 Å². The van der Waals surface area contributed by atoms with Crippen LogP contribution in [0, 0.1) is 0 Å². The average molecular weight is 344 g/mol. The summed E-state index contributed by atoms with van der Waals surface area (Å²) in [5.41, 5.74) is 0.851. The van der Waals surface area contributed by atoms with E-state index in [1.54, 1.807) is 55.4 Å². The molecule has 2 aromatic rings. The summed E-state index contributed by atoms with van der Waals surface area (Å²) >= 11 is 3.28. The van der Waals surface area contributed by atoms with Crippen molar-refractivity contribution in [2.24, 2.45) is 7.05 Å². The topological polar surface area (TPSA) is 55.2 Å². The maximum atomic E-state index is 12.4. The molecule has 0 aliphatic heterocycles. The summed E-state index contributed by atoms with van der Waals surface area (Å²) in [5, 5.41) is 4.03. The lowest BCUT2D eigenvalue weighted by atomic mass is 10.4. The molecule has 102 valence electrons. The number of sulfonamides is 1. The lowest BCUT2D eigenvalue weighted by Gasteiger charge is -2.16. The van der Waals surface area contributed by atoms with Gasteiger partial charge in [-0.15, -0.1) is 0 Å². The van der Waals surface area contributed by atoms with Gasteiger partial charge in [0.2, 0.25) is 10.0 Å². The summed E-state index contributed by atoms with van der Waals surface area (Å²) in [7, 11) is -0.127. The Morgan fingerprint density at radius 3 is 2.74 bits per heavy atom. The van der Waals surface area contributed by atoms with E-state index in [9.17, 15) is 8.42 Å². The van der Waals surface area contributed by atoms with E-state index in [4.69, 9.17) is 0 Å². The highest BCUT2D eigenvalue weighted by Gasteiger charge is 2.21. The summed E-state index contributed by atoms with van der Waals surface area (Å²) in [4.78, 5) is 0.272. The highest BCUT2D eigenvalue weighted by atomic mass is 79.9. The fourth-order valence-electron chi connectivity index (χ4n) is 1.70. The Balaban J connectivity index is 2.24. The molecule has 0 aliphatic rings. The van der Waals surface area contributed by atoms with Crippen molar-refractivity contribution in [3.05, 3.63) is 46.7 Å². The summed E-state index contributed by atoms with van der Waals surface area (Å²) in [6.07, 6.45) is 3.46. The van der Waals surface area contributed by atoms with E-state index in [1.165, 1.54) is 4.31 Å². The Kier molecular flexibility index (Phi) is 4.07. The zero-order chi connectivity index (χ0) is 14.0. The van der Waals surface area contributed by atoms with Gasteiger partial charge in [-0.3, -0.25) is 4.68 Å². The fourth-order valence-corrected chi connectivity index (χ4v) is 3.46. The van der Waals surface area contributed by atoms with Gasteiger partial charge in [0.15, 0.2) is 0 Å². The normalized spacial score (nSPS) is 12.0. The molecule has 0 spiro atoms. The van der Waals surface area contributed by atoms with Crippen LogP contribution in [0.4, 0.5) is 0 Å². The minimum Gasteiger partial charge on any atom is -0.275 e. The number of hydrogen-bond donors (Lipinski definition) is 0. The number of halogens is 1. The summed E-state index contributed by atoms with van der Waals surface area (Å²) in [6.45, 7) is 0.294. The number of aryl methyl sites for hydroxylation is 1. The van der Waals surface area contributed by atoms with Crippen LogP contribution < -0.4 is 0 Å². The largest absolute Gasteiger partial charge is 0.275 e. The molecule has 0 unspecified atom stereocenters. The van der Waals surface area contributed by atoms with Crippen molar-refractivity contribution in [1.82, 2.24) is 14.1 Å². The van der Waals surface area contributed by atoms with Gasteiger partial charge in [0.25, 0.3) is 0 Å². The molecule has 0 bridgehead atoms. The van der Waals surface area contributed by atoms with Crippen LogP contribution in [0.3, 0.4) is 0 Å². The molecule has 2 rings (SSSR count). The van der Waals surface area contributed by atoms with Crippen molar-refractivity contribution in [3.63, 3.8) is 0 Å². The maximum absolute atomic E-state index is 12.4. The highest BCUT2D eigenvalue weighted by Crippen LogP contribution is 2.20. The van der Waals surface area contributed by atoms with Crippen LogP contribution in [0.1, 0.15) is 5.56 Å². The van der Waals surface area contributed by atoms with Gasteiger partial charge in [-0.25, -0.2) is 8.42 Å². The minimum absolute atomic E-state index is 0.272. The van der Waals surface area contributed by atoms with E-state index in [2.05, 4.69) is 21.0 Å². The molecule has 0 N–H and O–H groups in total. The molecule has 1 heterocycles. The van der Waals surface area contributed by atoms with Crippen LogP contribution >= 0.6 is 15.9 Å². The van der Waals surface area contributed by atoms with E-state index in [0.29, 0.717) is 6.54 Å². The van der Waals surface area contributed by atoms with Crippen LogP contribution in [-0.4, -0.2) is 29.6 Å². The Labute approximate surface area is 121 Å². The molecule has 1 aromatic heterocycles. The molecule has 19 heavy (non-hydrogen) atoms. The Hall–Kier alpha value is -1.18. The van der Waals surface area contributed by atoms with Crippen LogP contribution in [0.15, 0.2) is 46.0 Å². The lowest BCUT2D eigenvalue weighted by molar-refractivity contribution is 0.466. The quantitative estimate of drug-likeness (QED) is 0.853. The first-order valence-corrected chi connectivity index (χ1v) is 7.82. The minimum atomic E-state index is -3.48. The Morgan fingerprint density at radius 2 is 2.16 bits per heavy atom. The standard InChI is InChI=1S/C12H14BrN3O2S/c1-15-8-10(7-14-15)9-16(2)19(17,18)12-5-3-4-11(13)6-12/h3-8H,9H2,1-2H3. The molecule has 0 saturated carbocycles. The predicted molar refractivity (Wildman–Crippen MR) is 76.0 cm³/mol. The molecule has 0 atom stereocenters. The van der Waals surface area contributed by atoms with Crippen molar-refractivity contribution >= 4 is 26.0 Å². The number of nitrogens with zero attached hydrogens (tertiary/aromatic N) is 3. The van der Waals surface area contributed by atoms with Crippen molar-refractivity contribution in [2.75, 3.05) is 7.05 Å². The van der Waals surface area contributed by atoms with Crippen LogP contribution in [0.5, 0.6) is 0 Å². The number of rotatable bonds is 4. The van der Waals surface area contributed by atoms with Crippen molar-refractivity contribution in [3.8, 4) is 0 Å². The number of benzene rings is 1. The first-order chi connectivity index (χ1) is 8.89. The third kappa shape index (κ3) is 3.23. The molecular weight excluding hydrogens is 330 g/mol. The second-order valence-electron chi connectivity index (χ2n) is 4.24. The third-order valence-electron chi connectivity index (χ3n) is 2.67. The van der Waals surface area contributed by atoms with Crippen LogP contribution in [-0.2, 0) is 23.6 Å². The van der Waals surface area contributed by atoms with E-state index < -0.39 is 10.0 Å². The predicted octanol–water partition coefficient (Wildman–Crippen LogP) is 2.00. The summed E-state index contributed by atoms with van der Waals surface area (Å²) in [6, 6.07) is 6.67. The first kappa shape index (κ1) is 14.2. The van der Waals surface area contributed by atoms with Gasteiger partial charge in [-0.05, 0) is 18.2 Å². The van der Waals surface area contributed by atoms with Crippen molar-refractivity contribution < 1.29 is 8.42 Å². The molecule has 0 aliphatic carbocycles. The third-order valence-corrected chi connectivity index (χ3v) is 4.96. The molecule has 0 radical (unpaired) electrons. The van der Waals surface area contributed by atoms with Gasteiger partial charge in [0.05, 0.1) is 11.1 Å². The number of aromatic nitrogens is 2. The van der Waals surface area contributed by atoms with E-state index in [1.807, 2.05) is 0 Å².